The lowest BCUT2D eigenvalue weighted by molar-refractivity contribution is 0.0846. The molecule has 1 aliphatic heterocycles. The molecule has 17 heavy (non-hydrogen) atoms. The molecule has 0 atom stereocenters. The Morgan fingerprint density at radius 1 is 1.41 bits per heavy atom. The Kier molecular flexibility index (Phi) is 3.38. The maximum atomic E-state index is 12.0. The lowest BCUT2D eigenvalue weighted by Crippen LogP contribution is -2.52. The molecule has 1 N–H and O–H groups in total. The van der Waals surface area contributed by atoms with E-state index in [0.29, 0.717) is 5.69 Å². The average molecular weight is 234 g/mol. The molecule has 92 valence electrons. The third-order valence-corrected chi connectivity index (χ3v) is 3.30. The summed E-state index contributed by atoms with van der Waals surface area (Å²) in [6.45, 7) is 4.11. The van der Waals surface area contributed by atoms with Gasteiger partial charge in [0.15, 0.2) is 0 Å². The summed E-state index contributed by atoms with van der Waals surface area (Å²) < 4.78 is 0. The predicted octanol–water partition coefficient (Wildman–Crippen LogP) is 0.691. The van der Waals surface area contributed by atoms with Crippen LogP contribution in [0.2, 0.25) is 0 Å². The Balaban J connectivity index is 1.99. The first-order valence-electron chi connectivity index (χ1n) is 5.86. The van der Waals surface area contributed by atoms with Gasteiger partial charge in [-0.15, -0.1) is 0 Å². The van der Waals surface area contributed by atoms with Crippen molar-refractivity contribution in [1.29, 1.82) is 0 Å². The van der Waals surface area contributed by atoms with Crippen LogP contribution in [0.25, 0.3) is 0 Å². The van der Waals surface area contributed by atoms with Gasteiger partial charge < -0.3 is 10.2 Å². The van der Waals surface area contributed by atoms with Gasteiger partial charge in [-0.2, -0.15) is 0 Å². The maximum Gasteiger partial charge on any atom is 0.271 e. The van der Waals surface area contributed by atoms with Crippen LogP contribution in [0.5, 0.6) is 0 Å². The fourth-order valence-corrected chi connectivity index (χ4v) is 1.99. The molecule has 0 spiro atoms. The maximum absolute atomic E-state index is 12.0. The molecule has 0 bridgehead atoms. The summed E-state index contributed by atoms with van der Waals surface area (Å²) in [5.41, 5.74) is 0.258. The van der Waals surface area contributed by atoms with Crippen molar-refractivity contribution in [3.63, 3.8) is 0 Å². The summed E-state index contributed by atoms with van der Waals surface area (Å²) in [6.07, 6.45) is 6.53. The van der Waals surface area contributed by atoms with Crippen molar-refractivity contribution in [2.24, 2.45) is 0 Å². The number of rotatable bonds is 2. The quantitative estimate of drug-likeness (QED) is 0.818. The van der Waals surface area contributed by atoms with E-state index < -0.39 is 0 Å². The summed E-state index contributed by atoms with van der Waals surface area (Å²) in [6, 6.07) is 0. The number of nitrogens with one attached hydrogen (secondary N) is 1. The van der Waals surface area contributed by atoms with Gasteiger partial charge in [0.2, 0.25) is 0 Å². The summed E-state index contributed by atoms with van der Waals surface area (Å²) in [5.74, 6) is -0.134. The fourth-order valence-electron chi connectivity index (χ4n) is 1.99. The zero-order valence-corrected chi connectivity index (χ0v) is 10.3. The van der Waals surface area contributed by atoms with Crippen LogP contribution < -0.4 is 5.32 Å². The molecule has 1 aromatic rings. The highest BCUT2D eigenvalue weighted by Gasteiger charge is 2.30. The lowest BCUT2D eigenvalue weighted by atomic mass is 9.89. The first-order chi connectivity index (χ1) is 8.09. The van der Waals surface area contributed by atoms with Crippen LogP contribution in [0.1, 0.15) is 30.3 Å². The van der Waals surface area contributed by atoms with Crippen molar-refractivity contribution < 1.29 is 4.79 Å². The van der Waals surface area contributed by atoms with Crippen molar-refractivity contribution in [2.45, 2.75) is 25.3 Å². The molecule has 0 unspecified atom stereocenters. The second kappa shape index (κ2) is 4.79. The van der Waals surface area contributed by atoms with Gasteiger partial charge in [0.05, 0.1) is 6.20 Å². The van der Waals surface area contributed by atoms with Gasteiger partial charge in [0.25, 0.3) is 5.91 Å². The minimum absolute atomic E-state index is 0.124. The fraction of sp³-hybridized carbons (Fsp3) is 0.583. The van der Waals surface area contributed by atoms with E-state index in [-0.39, 0.29) is 11.4 Å². The Hall–Kier alpha value is -1.49. The molecule has 0 radical (unpaired) electrons. The van der Waals surface area contributed by atoms with E-state index in [9.17, 15) is 4.79 Å². The molecule has 1 saturated heterocycles. The van der Waals surface area contributed by atoms with Gasteiger partial charge in [-0.1, -0.05) is 0 Å². The first-order valence-corrected chi connectivity index (χ1v) is 5.86. The summed E-state index contributed by atoms with van der Waals surface area (Å²) in [4.78, 5) is 22.2. The van der Waals surface area contributed by atoms with Crippen LogP contribution in [0.4, 0.5) is 0 Å². The van der Waals surface area contributed by atoms with Crippen molar-refractivity contribution >= 4 is 5.91 Å². The molecule has 1 amide bonds. The normalized spacial score (nSPS) is 19.9. The Morgan fingerprint density at radius 3 is 2.71 bits per heavy atom. The Morgan fingerprint density at radius 2 is 2.12 bits per heavy atom. The number of amides is 1. The zero-order chi connectivity index (χ0) is 12.3. The monoisotopic (exact) mass is 234 g/mol. The van der Waals surface area contributed by atoms with Crippen molar-refractivity contribution in [3.8, 4) is 0 Å². The van der Waals surface area contributed by atoms with Crippen LogP contribution in [0.15, 0.2) is 18.6 Å². The van der Waals surface area contributed by atoms with Crippen LogP contribution in [-0.2, 0) is 0 Å². The molecular formula is C12H18N4O. The van der Waals surface area contributed by atoms with Crippen LogP contribution in [-0.4, -0.2) is 46.5 Å². The molecule has 1 aromatic heterocycles. The third-order valence-electron chi connectivity index (χ3n) is 3.30. The highest BCUT2D eigenvalue weighted by atomic mass is 16.2. The van der Waals surface area contributed by atoms with E-state index in [1.54, 1.807) is 6.20 Å². The standard InChI is InChI=1S/C12H18N4O/c1-12(3-7-16(2)8-4-12)15-11(17)10-9-13-5-6-14-10/h5-6,9H,3-4,7-8H2,1-2H3,(H,15,17). The van der Waals surface area contributed by atoms with Crippen LogP contribution in [0.3, 0.4) is 0 Å². The molecule has 1 aliphatic rings. The van der Waals surface area contributed by atoms with E-state index >= 15 is 0 Å². The number of hydrogen-bond donors (Lipinski definition) is 1. The number of aromatic nitrogens is 2. The molecule has 2 rings (SSSR count). The highest BCUT2D eigenvalue weighted by molar-refractivity contribution is 5.92. The molecule has 0 aliphatic carbocycles. The minimum atomic E-state index is -0.134. The number of carbonyl (C=O) groups is 1. The van der Waals surface area contributed by atoms with Crippen molar-refractivity contribution in [3.05, 3.63) is 24.3 Å². The second-order valence-electron chi connectivity index (χ2n) is 4.91. The summed E-state index contributed by atoms with van der Waals surface area (Å²) >= 11 is 0. The SMILES string of the molecule is CN1CCC(C)(NC(=O)c2cnccn2)CC1. The van der Waals surface area contributed by atoms with Crippen molar-refractivity contribution in [1.82, 2.24) is 20.2 Å². The highest BCUT2D eigenvalue weighted by Crippen LogP contribution is 2.20. The number of hydrogen-bond acceptors (Lipinski definition) is 4. The van der Waals surface area contributed by atoms with E-state index in [1.165, 1.54) is 12.4 Å². The molecular weight excluding hydrogens is 216 g/mol. The third kappa shape index (κ3) is 3.00. The molecule has 1 fully saturated rings. The molecule has 2 heterocycles. The smallest absolute Gasteiger partial charge is 0.271 e. The largest absolute Gasteiger partial charge is 0.345 e. The van der Waals surface area contributed by atoms with Gasteiger partial charge >= 0.3 is 0 Å². The zero-order valence-electron chi connectivity index (χ0n) is 10.3. The number of nitrogens with zero attached hydrogens (tertiary/aromatic N) is 3. The second-order valence-corrected chi connectivity index (χ2v) is 4.91. The van der Waals surface area contributed by atoms with Crippen LogP contribution >= 0.6 is 0 Å². The minimum Gasteiger partial charge on any atom is -0.345 e. The number of likely N-dealkylation sites (tertiary alicyclic amines) is 1. The van der Waals surface area contributed by atoms with Gasteiger partial charge in [0, 0.05) is 31.0 Å². The van der Waals surface area contributed by atoms with Crippen molar-refractivity contribution in [2.75, 3.05) is 20.1 Å². The van der Waals surface area contributed by atoms with Gasteiger partial charge in [0.1, 0.15) is 5.69 Å². The van der Waals surface area contributed by atoms with Gasteiger partial charge in [-0.05, 0) is 26.8 Å². The Bertz CT molecular complexity index is 385. The summed E-state index contributed by atoms with van der Waals surface area (Å²) in [7, 11) is 2.10. The number of piperidine rings is 1. The molecule has 5 heteroatoms. The van der Waals surface area contributed by atoms with Gasteiger partial charge in [-0.25, -0.2) is 4.98 Å². The van der Waals surface area contributed by atoms with E-state index in [2.05, 4.69) is 34.2 Å². The summed E-state index contributed by atoms with van der Waals surface area (Å²) in [5, 5.41) is 3.06. The molecule has 5 nitrogen and oxygen atoms in total. The average Bonchev–Trinajstić information content (AvgIpc) is 2.34. The Labute approximate surface area is 101 Å². The number of carbonyl (C=O) groups excluding carboxylic acids is 1. The topological polar surface area (TPSA) is 58.1 Å². The molecule has 0 saturated carbocycles. The van der Waals surface area contributed by atoms with Gasteiger partial charge in [-0.3, -0.25) is 9.78 Å². The lowest BCUT2D eigenvalue weighted by Gasteiger charge is -2.38. The first kappa shape index (κ1) is 12.0. The molecule has 0 aromatic carbocycles. The van der Waals surface area contributed by atoms with Crippen LogP contribution in [0, 0.1) is 0 Å². The predicted molar refractivity (Wildman–Crippen MR) is 64.6 cm³/mol. The van der Waals surface area contributed by atoms with E-state index in [0.717, 1.165) is 25.9 Å². The van der Waals surface area contributed by atoms with E-state index in [1.807, 2.05) is 0 Å². The van der Waals surface area contributed by atoms with E-state index in [4.69, 9.17) is 0 Å².